The van der Waals surface area contributed by atoms with Gasteiger partial charge in [0, 0.05) is 36.8 Å². The predicted octanol–water partition coefficient (Wildman–Crippen LogP) is 4.70. The number of pyridine rings is 1. The highest BCUT2D eigenvalue weighted by Gasteiger charge is 2.53. The number of nitrogens with one attached hydrogen (secondary N) is 2. The molecule has 3 N–H and O–H groups in total. The Bertz CT molecular complexity index is 1210. The molecule has 0 radical (unpaired) electrons. The number of aromatic amines is 1. The molecule has 7 nitrogen and oxygen atoms in total. The van der Waals surface area contributed by atoms with Gasteiger partial charge in [0.2, 0.25) is 0 Å². The van der Waals surface area contributed by atoms with Crippen LogP contribution in [0.4, 0.5) is 16.0 Å². The molecule has 178 valence electrons. The Labute approximate surface area is 198 Å². The molecule has 0 bridgehead atoms. The molecule has 2 aliphatic rings. The van der Waals surface area contributed by atoms with Crippen LogP contribution in [0.3, 0.4) is 0 Å². The molecule has 0 atom stereocenters. The number of carboxylic acid groups (broad SMARTS) is 1. The van der Waals surface area contributed by atoms with Crippen molar-refractivity contribution < 1.29 is 14.3 Å². The lowest BCUT2D eigenvalue weighted by atomic mass is 9.74. The van der Waals surface area contributed by atoms with Gasteiger partial charge in [-0.3, -0.25) is 14.8 Å². The van der Waals surface area contributed by atoms with E-state index in [9.17, 15) is 14.3 Å². The molecule has 1 saturated heterocycles. The third kappa shape index (κ3) is 4.07. The van der Waals surface area contributed by atoms with Gasteiger partial charge in [-0.15, -0.1) is 0 Å². The molecule has 2 aromatic heterocycles. The monoisotopic (exact) mass is 463 g/mol. The number of anilines is 2. The highest BCUT2D eigenvalue weighted by molar-refractivity contribution is 5.75. The van der Waals surface area contributed by atoms with Crippen LogP contribution in [-0.2, 0) is 16.8 Å². The summed E-state index contributed by atoms with van der Waals surface area (Å²) < 4.78 is 14.7. The van der Waals surface area contributed by atoms with Gasteiger partial charge in [-0.2, -0.15) is 5.10 Å². The average molecular weight is 464 g/mol. The zero-order valence-electron chi connectivity index (χ0n) is 19.6. The van der Waals surface area contributed by atoms with Crippen LogP contribution in [0, 0.1) is 25.1 Å². The summed E-state index contributed by atoms with van der Waals surface area (Å²) in [6.45, 7) is 5.37. The molecule has 5 rings (SSSR count). The fraction of sp³-hybridized carbons (Fsp3) is 0.423. The minimum Gasteiger partial charge on any atom is -0.481 e. The summed E-state index contributed by atoms with van der Waals surface area (Å²) in [5.74, 6) is -0.340. The van der Waals surface area contributed by atoms with E-state index in [1.165, 1.54) is 23.3 Å². The number of carboxylic acids is 1. The predicted molar refractivity (Wildman–Crippen MR) is 127 cm³/mol. The fourth-order valence-corrected chi connectivity index (χ4v) is 5.41. The Kier molecular flexibility index (Phi) is 5.64. The molecule has 3 aromatic rings. The number of aryl methyl sites for hydroxylation is 2. The number of likely N-dealkylation sites (tertiary alicyclic amines) is 1. The summed E-state index contributed by atoms with van der Waals surface area (Å²) in [7, 11) is 0. The highest BCUT2D eigenvalue weighted by atomic mass is 19.1. The van der Waals surface area contributed by atoms with Crippen LogP contribution >= 0.6 is 0 Å². The molecule has 0 spiro atoms. The second-order valence-corrected chi connectivity index (χ2v) is 9.78. The number of piperidine rings is 1. The van der Waals surface area contributed by atoms with Crippen molar-refractivity contribution in [3.05, 3.63) is 70.8 Å². The van der Waals surface area contributed by atoms with Gasteiger partial charge in [0.1, 0.15) is 11.6 Å². The van der Waals surface area contributed by atoms with E-state index < -0.39 is 17.2 Å². The number of aliphatic carboxylic acids is 1. The van der Waals surface area contributed by atoms with Crippen LogP contribution in [0.15, 0.2) is 42.5 Å². The molecule has 1 aromatic carbocycles. The molecule has 0 unspecified atom stereocenters. The van der Waals surface area contributed by atoms with E-state index in [2.05, 4.69) is 56.6 Å². The van der Waals surface area contributed by atoms with Gasteiger partial charge in [0.15, 0.2) is 5.82 Å². The normalized spacial score (nSPS) is 19.0. The van der Waals surface area contributed by atoms with Crippen molar-refractivity contribution in [2.24, 2.45) is 5.41 Å². The zero-order valence-corrected chi connectivity index (χ0v) is 19.6. The van der Waals surface area contributed by atoms with Gasteiger partial charge in [-0.05, 0) is 62.8 Å². The minimum absolute atomic E-state index is 0.0189. The third-order valence-corrected chi connectivity index (χ3v) is 7.54. The zero-order chi connectivity index (χ0) is 23.9. The molecule has 3 heterocycles. The lowest BCUT2D eigenvalue weighted by Gasteiger charge is -2.43. The molecule has 0 amide bonds. The van der Waals surface area contributed by atoms with E-state index >= 15 is 0 Å². The van der Waals surface area contributed by atoms with Gasteiger partial charge >= 0.3 is 5.97 Å². The lowest BCUT2D eigenvalue weighted by molar-refractivity contribution is -0.152. The van der Waals surface area contributed by atoms with E-state index in [0.717, 1.165) is 18.5 Å². The summed E-state index contributed by atoms with van der Waals surface area (Å²) in [5.41, 5.74) is 2.67. The Morgan fingerprint density at radius 2 is 1.85 bits per heavy atom. The first-order valence-electron chi connectivity index (χ1n) is 11.8. The second-order valence-electron chi connectivity index (χ2n) is 9.78. The van der Waals surface area contributed by atoms with Crippen molar-refractivity contribution in [2.75, 3.05) is 18.4 Å². The maximum Gasteiger partial charge on any atom is 0.310 e. The number of nitrogens with zero attached hydrogens (tertiary/aromatic N) is 3. The molecule has 8 heteroatoms. The Morgan fingerprint density at radius 1 is 1.12 bits per heavy atom. The number of carbonyl (C=O) groups is 1. The molecule has 2 fully saturated rings. The third-order valence-electron chi connectivity index (χ3n) is 7.54. The van der Waals surface area contributed by atoms with Crippen LogP contribution in [0.1, 0.15) is 48.2 Å². The summed E-state index contributed by atoms with van der Waals surface area (Å²) >= 11 is 0. The van der Waals surface area contributed by atoms with E-state index in [4.69, 9.17) is 0 Å². The van der Waals surface area contributed by atoms with Crippen LogP contribution in [0.25, 0.3) is 0 Å². The topological polar surface area (TPSA) is 94.1 Å². The molecule has 1 aliphatic carbocycles. The van der Waals surface area contributed by atoms with E-state index in [-0.39, 0.29) is 17.7 Å². The van der Waals surface area contributed by atoms with Crippen molar-refractivity contribution in [3.63, 3.8) is 0 Å². The van der Waals surface area contributed by atoms with Crippen molar-refractivity contribution in [1.82, 2.24) is 20.1 Å². The molecular weight excluding hydrogens is 433 g/mol. The largest absolute Gasteiger partial charge is 0.481 e. The Hall–Kier alpha value is -3.26. The second kappa shape index (κ2) is 8.51. The van der Waals surface area contributed by atoms with E-state index in [1.54, 1.807) is 0 Å². The number of halogens is 1. The standard InChI is InChI=1S/C26H30FN5O2/c1-17-5-3-4-6-19(17)26(9-10-26)32-13-11-25(12-14-32,24(33)34)16-21-20(27)7-8-22(28-21)29-23-15-18(2)30-31-23/h3-8,15H,9-14,16H2,1-2H3,(H,33,34)(H2,28,29,30,31). The average Bonchev–Trinajstić information content (AvgIpc) is 3.52. The van der Waals surface area contributed by atoms with Crippen molar-refractivity contribution in [3.8, 4) is 0 Å². The van der Waals surface area contributed by atoms with Gasteiger partial charge in [0.05, 0.1) is 11.1 Å². The van der Waals surface area contributed by atoms with Gasteiger partial charge < -0.3 is 10.4 Å². The number of H-pyrrole nitrogens is 1. The van der Waals surface area contributed by atoms with Gasteiger partial charge in [-0.25, -0.2) is 9.37 Å². The Balaban J connectivity index is 1.34. The van der Waals surface area contributed by atoms with Crippen LogP contribution in [0.5, 0.6) is 0 Å². The van der Waals surface area contributed by atoms with E-state index in [1.807, 2.05) is 13.0 Å². The smallest absolute Gasteiger partial charge is 0.310 e. The number of hydrogen-bond acceptors (Lipinski definition) is 5. The van der Waals surface area contributed by atoms with Crippen molar-refractivity contribution in [1.29, 1.82) is 0 Å². The lowest BCUT2D eigenvalue weighted by Crippen LogP contribution is -2.49. The number of hydrogen-bond donors (Lipinski definition) is 3. The number of benzene rings is 1. The SMILES string of the molecule is Cc1cc(Nc2ccc(F)c(CC3(C(=O)O)CCN(C4(c5ccccc5C)CC4)CC3)n2)n[nH]1. The van der Waals surface area contributed by atoms with E-state index in [0.29, 0.717) is 37.6 Å². The maximum atomic E-state index is 14.7. The maximum absolute atomic E-state index is 14.7. The number of aromatic nitrogens is 3. The Morgan fingerprint density at radius 3 is 2.47 bits per heavy atom. The van der Waals surface area contributed by atoms with Crippen LogP contribution < -0.4 is 5.32 Å². The first kappa shape index (κ1) is 22.5. The first-order valence-corrected chi connectivity index (χ1v) is 11.8. The summed E-state index contributed by atoms with van der Waals surface area (Å²) in [6.07, 6.45) is 3.18. The summed E-state index contributed by atoms with van der Waals surface area (Å²) in [4.78, 5) is 19.3. The molecule has 34 heavy (non-hydrogen) atoms. The first-order chi connectivity index (χ1) is 16.3. The van der Waals surface area contributed by atoms with Crippen molar-refractivity contribution >= 4 is 17.6 Å². The van der Waals surface area contributed by atoms with Crippen LogP contribution in [0.2, 0.25) is 0 Å². The highest BCUT2D eigenvalue weighted by Crippen LogP contribution is 2.54. The minimum atomic E-state index is -1.03. The quantitative estimate of drug-likeness (QED) is 0.470. The molecular formula is C26H30FN5O2. The summed E-state index contributed by atoms with van der Waals surface area (Å²) in [5, 5.41) is 20.2. The summed E-state index contributed by atoms with van der Waals surface area (Å²) in [6, 6.07) is 13.2. The fourth-order valence-electron chi connectivity index (χ4n) is 5.41. The molecule has 1 aliphatic heterocycles. The van der Waals surface area contributed by atoms with Gasteiger partial charge in [0.25, 0.3) is 0 Å². The van der Waals surface area contributed by atoms with Crippen LogP contribution in [-0.4, -0.2) is 44.2 Å². The number of rotatable bonds is 7. The van der Waals surface area contributed by atoms with Gasteiger partial charge in [-0.1, -0.05) is 24.3 Å². The van der Waals surface area contributed by atoms with Crippen molar-refractivity contribution in [2.45, 2.75) is 51.5 Å². The molecule has 1 saturated carbocycles.